The number of halogens is 4. The molecule has 1 aliphatic heterocycles. The number of rotatable bonds is 3. The lowest BCUT2D eigenvalue weighted by atomic mass is 10.2. The van der Waals surface area contributed by atoms with Crippen molar-refractivity contribution in [2.45, 2.75) is 30.0 Å². The molecule has 0 unspecified atom stereocenters. The van der Waals surface area contributed by atoms with Crippen molar-refractivity contribution in [3.8, 4) is 0 Å². The molecule has 0 aromatic heterocycles. The second-order valence-electron chi connectivity index (χ2n) is 4.75. The smallest absolute Gasteiger partial charge is 0.416 e. The molecule has 22 heavy (non-hydrogen) atoms. The Morgan fingerprint density at radius 2 is 1.95 bits per heavy atom. The van der Waals surface area contributed by atoms with Gasteiger partial charge >= 0.3 is 12.1 Å². The second kappa shape index (κ2) is 5.51. The molecule has 5 nitrogen and oxygen atoms in total. The molecular weight excluding hydrogens is 330 g/mol. The van der Waals surface area contributed by atoms with Crippen LogP contribution in [0.25, 0.3) is 0 Å². The monoisotopic (exact) mass is 341 g/mol. The summed E-state index contributed by atoms with van der Waals surface area (Å²) in [4.78, 5) is 9.85. The van der Waals surface area contributed by atoms with Crippen LogP contribution in [0, 0.1) is 5.82 Å². The number of carbonyl (C=O) groups is 1. The first-order chi connectivity index (χ1) is 10.0. The second-order valence-corrected chi connectivity index (χ2v) is 6.61. The molecule has 2 rings (SSSR count). The van der Waals surface area contributed by atoms with Crippen molar-refractivity contribution in [3.05, 3.63) is 29.6 Å². The van der Waals surface area contributed by atoms with Crippen molar-refractivity contribution in [2.75, 3.05) is 6.54 Å². The van der Waals surface area contributed by atoms with Gasteiger partial charge in [0.2, 0.25) is 10.0 Å². The van der Waals surface area contributed by atoms with E-state index in [1.54, 1.807) is 0 Å². The van der Waals surface area contributed by atoms with Crippen molar-refractivity contribution in [3.63, 3.8) is 0 Å². The molecule has 10 heteroatoms. The van der Waals surface area contributed by atoms with Crippen LogP contribution >= 0.6 is 0 Å². The molecule has 1 fully saturated rings. The van der Waals surface area contributed by atoms with E-state index in [1.165, 1.54) is 0 Å². The Morgan fingerprint density at radius 1 is 1.32 bits per heavy atom. The zero-order chi connectivity index (χ0) is 16.7. The normalized spacial score (nSPS) is 20.3. The van der Waals surface area contributed by atoms with Gasteiger partial charge in [-0.2, -0.15) is 17.5 Å². The van der Waals surface area contributed by atoms with E-state index in [9.17, 15) is 30.8 Å². The number of hydrogen-bond acceptors (Lipinski definition) is 3. The van der Waals surface area contributed by atoms with Crippen LogP contribution in [-0.4, -0.2) is 36.4 Å². The van der Waals surface area contributed by atoms with E-state index in [1.807, 2.05) is 0 Å². The number of carboxylic acids is 1. The molecule has 1 N–H and O–H groups in total. The molecule has 1 saturated heterocycles. The predicted molar refractivity (Wildman–Crippen MR) is 66.0 cm³/mol. The average Bonchev–Trinajstić information content (AvgIpc) is 2.87. The minimum Gasteiger partial charge on any atom is -0.480 e. The van der Waals surface area contributed by atoms with E-state index in [2.05, 4.69) is 0 Å². The minimum atomic E-state index is -4.84. The van der Waals surface area contributed by atoms with Crippen molar-refractivity contribution in [1.29, 1.82) is 0 Å². The van der Waals surface area contributed by atoms with Gasteiger partial charge in [-0.1, -0.05) is 0 Å². The Hall–Kier alpha value is -1.68. The van der Waals surface area contributed by atoms with Crippen LogP contribution in [0.15, 0.2) is 23.1 Å². The first kappa shape index (κ1) is 16.7. The highest BCUT2D eigenvalue weighted by molar-refractivity contribution is 7.89. The zero-order valence-electron chi connectivity index (χ0n) is 11.0. The molecule has 0 radical (unpaired) electrons. The fourth-order valence-electron chi connectivity index (χ4n) is 2.28. The van der Waals surface area contributed by atoms with Crippen molar-refractivity contribution in [2.24, 2.45) is 0 Å². The summed E-state index contributed by atoms with van der Waals surface area (Å²) < 4.78 is 76.8. The molecule has 1 heterocycles. The zero-order valence-corrected chi connectivity index (χ0v) is 11.8. The number of nitrogens with zero attached hydrogens (tertiary/aromatic N) is 1. The van der Waals surface area contributed by atoms with Crippen LogP contribution in [0.3, 0.4) is 0 Å². The SMILES string of the molecule is O=C(O)[C@H]1CCCN1S(=O)(=O)c1cc(C(F)(F)F)ccc1F. The average molecular weight is 341 g/mol. The molecule has 0 saturated carbocycles. The molecule has 1 aromatic rings. The number of benzene rings is 1. The highest BCUT2D eigenvalue weighted by Crippen LogP contribution is 2.34. The highest BCUT2D eigenvalue weighted by Gasteiger charge is 2.41. The molecule has 1 atom stereocenters. The Balaban J connectivity index is 2.52. The summed E-state index contributed by atoms with van der Waals surface area (Å²) in [5, 5.41) is 8.97. The van der Waals surface area contributed by atoms with Crippen LogP contribution in [0.5, 0.6) is 0 Å². The topological polar surface area (TPSA) is 74.7 Å². The van der Waals surface area contributed by atoms with Gasteiger partial charge in [-0.05, 0) is 31.0 Å². The quantitative estimate of drug-likeness (QED) is 0.854. The summed E-state index contributed by atoms with van der Waals surface area (Å²) in [5.41, 5.74) is -1.32. The van der Waals surface area contributed by atoms with Crippen LogP contribution < -0.4 is 0 Å². The molecule has 0 amide bonds. The van der Waals surface area contributed by atoms with Gasteiger partial charge in [-0.15, -0.1) is 0 Å². The summed E-state index contributed by atoms with van der Waals surface area (Å²) in [6.45, 7) is -0.186. The van der Waals surface area contributed by atoms with Gasteiger partial charge in [0.15, 0.2) is 0 Å². The minimum absolute atomic E-state index is 0.0230. The number of alkyl halides is 3. The van der Waals surface area contributed by atoms with Gasteiger partial charge in [0.25, 0.3) is 0 Å². The molecule has 0 aliphatic carbocycles. The van der Waals surface area contributed by atoms with Gasteiger partial charge in [0.1, 0.15) is 16.8 Å². The maximum Gasteiger partial charge on any atom is 0.416 e. The molecule has 1 aromatic carbocycles. The first-order valence-electron chi connectivity index (χ1n) is 6.16. The third-order valence-electron chi connectivity index (χ3n) is 3.33. The van der Waals surface area contributed by atoms with E-state index >= 15 is 0 Å². The lowest BCUT2D eigenvalue weighted by Crippen LogP contribution is -2.40. The standard InChI is InChI=1S/C12H11F4NO4S/c13-8-4-3-7(12(14,15)16)6-10(8)22(20,21)17-5-1-2-9(17)11(18)19/h3-4,6,9H,1-2,5H2,(H,18,19)/t9-/m1/s1. The van der Waals surface area contributed by atoms with Crippen molar-refractivity contribution in [1.82, 2.24) is 4.31 Å². The number of carboxylic acid groups (broad SMARTS) is 1. The third kappa shape index (κ3) is 2.93. The van der Waals surface area contributed by atoms with Gasteiger partial charge in [0, 0.05) is 6.54 Å². The summed E-state index contributed by atoms with van der Waals surface area (Å²) in [7, 11) is -4.67. The van der Waals surface area contributed by atoms with E-state index in [0.717, 1.165) is 0 Å². The van der Waals surface area contributed by atoms with Gasteiger partial charge < -0.3 is 5.11 Å². The van der Waals surface area contributed by atoms with Gasteiger partial charge in [-0.25, -0.2) is 12.8 Å². The fourth-order valence-corrected chi connectivity index (χ4v) is 4.02. The van der Waals surface area contributed by atoms with Gasteiger partial charge in [0.05, 0.1) is 5.56 Å². The maximum absolute atomic E-state index is 13.7. The maximum atomic E-state index is 13.7. The van der Waals surface area contributed by atoms with Crippen molar-refractivity contribution >= 4 is 16.0 Å². The molecular formula is C12H11F4NO4S. The van der Waals surface area contributed by atoms with Crippen molar-refractivity contribution < 1.29 is 35.9 Å². The predicted octanol–water partition coefficient (Wildman–Crippen LogP) is 2.08. The first-order valence-corrected chi connectivity index (χ1v) is 7.60. The summed E-state index contributed by atoms with van der Waals surface area (Å²) in [6, 6.07) is -0.393. The highest BCUT2D eigenvalue weighted by atomic mass is 32.2. The van der Waals surface area contributed by atoms with Crippen LogP contribution in [0.2, 0.25) is 0 Å². The third-order valence-corrected chi connectivity index (χ3v) is 5.26. The summed E-state index contributed by atoms with van der Waals surface area (Å²) in [6.07, 6.45) is -4.58. The van der Waals surface area contributed by atoms with Crippen LogP contribution in [0.4, 0.5) is 17.6 Å². The molecule has 1 aliphatic rings. The number of hydrogen-bond donors (Lipinski definition) is 1. The largest absolute Gasteiger partial charge is 0.480 e. The molecule has 0 bridgehead atoms. The van der Waals surface area contributed by atoms with E-state index in [4.69, 9.17) is 5.11 Å². The summed E-state index contributed by atoms with van der Waals surface area (Å²) in [5.74, 6) is -2.78. The van der Waals surface area contributed by atoms with Crippen LogP contribution in [0.1, 0.15) is 18.4 Å². The fraction of sp³-hybridized carbons (Fsp3) is 0.417. The Kier molecular flexibility index (Phi) is 4.18. The van der Waals surface area contributed by atoms with Crippen LogP contribution in [-0.2, 0) is 21.0 Å². The van der Waals surface area contributed by atoms with Gasteiger partial charge in [-0.3, -0.25) is 4.79 Å². The Bertz CT molecular complexity index is 702. The molecule has 0 spiro atoms. The Labute approximate surface area is 123 Å². The van der Waals surface area contributed by atoms with E-state index in [0.29, 0.717) is 16.4 Å². The summed E-state index contributed by atoms with van der Waals surface area (Å²) >= 11 is 0. The lowest BCUT2D eigenvalue weighted by Gasteiger charge is -2.21. The lowest BCUT2D eigenvalue weighted by molar-refractivity contribution is -0.141. The van der Waals surface area contributed by atoms with E-state index in [-0.39, 0.29) is 25.5 Å². The Morgan fingerprint density at radius 3 is 2.50 bits per heavy atom. The van der Waals surface area contributed by atoms with E-state index < -0.39 is 44.5 Å². The number of sulfonamides is 1. The number of aliphatic carboxylic acids is 1. The molecule has 122 valence electrons.